The van der Waals surface area contributed by atoms with Gasteiger partial charge in [-0.25, -0.2) is 0 Å². The number of halogens is 2. The molecule has 1 heterocycles. The molecule has 0 fully saturated rings. The van der Waals surface area contributed by atoms with Gasteiger partial charge in [0.1, 0.15) is 5.75 Å². The molecule has 0 spiro atoms. The Kier molecular flexibility index (Phi) is 7.20. The highest BCUT2D eigenvalue weighted by Gasteiger charge is 2.16. The first-order valence-electron chi connectivity index (χ1n) is 8.51. The van der Waals surface area contributed by atoms with Crippen molar-refractivity contribution in [2.24, 2.45) is 5.10 Å². The van der Waals surface area contributed by atoms with Gasteiger partial charge in [-0.05, 0) is 61.1 Å². The molecule has 4 N–H and O–H groups in total. The van der Waals surface area contributed by atoms with Crippen LogP contribution in [0.25, 0.3) is 10.4 Å². The maximum absolute atomic E-state index is 11.1. The van der Waals surface area contributed by atoms with Gasteiger partial charge in [-0.15, -0.1) is 11.3 Å². The van der Waals surface area contributed by atoms with Crippen LogP contribution in [0.15, 0.2) is 57.8 Å². The average Bonchev–Trinajstić information content (AvgIpc) is 3.09. The molecule has 3 aromatic rings. The molecule has 0 bridgehead atoms. The molecular weight excluding hydrogens is 501 g/mol. The van der Waals surface area contributed by atoms with Gasteiger partial charge in [-0.3, -0.25) is 9.98 Å². The third-order valence-electron chi connectivity index (χ3n) is 4.07. The molecule has 1 aromatic heterocycles. The molecule has 0 aliphatic heterocycles. The van der Waals surface area contributed by atoms with E-state index in [1.807, 2.05) is 0 Å². The summed E-state index contributed by atoms with van der Waals surface area (Å²) in [5.41, 5.74) is 4.91. The van der Waals surface area contributed by atoms with E-state index in [1.165, 1.54) is 35.6 Å². The summed E-state index contributed by atoms with van der Waals surface area (Å²) in [4.78, 5) is 0.402. The van der Waals surface area contributed by atoms with Crippen molar-refractivity contribution in [2.75, 3.05) is 5.32 Å². The Labute approximate surface area is 198 Å². The minimum Gasteiger partial charge on any atom is -0.506 e. The van der Waals surface area contributed by atoms with Gasteiger partial charge >= 0.3 is 0 Å². The van der Waals surface area contributed by atoms with Crippen LogP contribution in [0.1, 0.15) is 12.5 Å². The highest BCUT2D eigenvalue weighted by Crippen LogP contribution is 2.40. The lowest BCUT2D eigenvalue weighted by molar-refractivity contribution is 0.478. The van der Waals surface area contributed by atoms with Crippen molar-refractivity contribution >= 4 is 73.4 Å². The Morgan fingerprint density at radius 3 is 2.42 bits per heavy atom. The van der Waals surface area contributed by atoms with E-state index in [-0.39, 0.29) is 15.8 Å². The quantitative estimate of drug-likeness (QED) is 0.156. The third kappa shape index (κ3) is 5.73. The number of rotatable bonds is 5. The second-order valence-electron chi connectivity index (χ2n) is 6.22. The predicted molar refractivity (Wildman–Crippen MR) is 129 cm³/mol. The van der Waals surface area contributed by atoms with Gasteiger partial charge in [0.25, 0.3) is 10.1 Å². The van der Waals surface area contributed by atoms with Crippen molar-refractivity contribution < 1.29 is 18.1 Å². The number of thiophene rings is 1. The molecule has 7 nitrogen and oxygen atoms in total. The zero-order valence-electron chi connectivity index (χ0n) is 15.8. The molecule has 0 amide bonds. The molecule has 0 aliphatic carbocycles. The van der Waals surface area contributed by atoms with Crippen molar-refractivity contribution in [3.63, 3.8) is 0 Å². The fraction of sp³-hybridized carbons (Fsp3) is 0.0526. The summed E-state index contributed by atoms with van der Waals surface area (Å²) in [6.45, 7) is 1.71. The number of hydrazone groups is 1. The van der Waals surface area contributed by atoms with Crippen LogP contribution in [0.4, 0.5) is 5.69 Å². The molecule has 31 heavy (non-hydrogen) atoms. The van der Waals surface area contributed by atoms with Crippen LogP contribution in [0.5, 0.6) is 5.75 Å². The van der Waals surface area contributed by atoms with Gasteiger partial charge in [-0.1, -0.05) is 29.3 Å². The monoisotopic (exact) mass is 515 g/mol. The summed E-state index contributed by atoms with van der Waals surface area (Å²) in [6, 6.07) is 10.5. The zero-order chi connectivity index (χ0) is 22.8. The first-order valence-corrected chi connectivity index (χ1v) is 12.0. The summed E-state index contributed by atoms with van der Waals surface area (Å²) < 4.78 is 31.2. The Bertz CT molecular complexity index is 1270. The predicted octanol–water partition coefficient (Wildman–Crippen LogP) is 5.38. The average molecular weight is 516 g/mol. The van der Waals surface area contributed by atoms with Gasteiger partial charge < -0.3 is 10.4 Å². The number of thiocarbonyl (C=S) groups is 1. The van der Waals surface area contributed by atoms with Crippen molar-refractivity contribution in [1.82, 2.24) is 5.43 Å². The largest absolute Gasteiger partial charge is 0.506 e. The Balaban J connectivity index is 1.69. The van der Waals surface area contributed by atoms with Crippen LogP contribution >= 0.6 is 46.8 Å². The first kappa shape index (κ1) is 23.5. The molecule has 12 heteroatoms. The zero-order valence-corrected chi connectivity index (χ0v) is 19.7. The molecule has 0 aliphatic rings. The number of hydrogen-bond acceptors (Lipinski definition) is 6. The topological polar surface area (TPSA) is 111 Å². The van der Waals surface area contributed by atoms with E-state index in [0.717, 1.165) is 5.56 Å². The fourth-order valence-electron chi connectivity index (χ4n) is 2.51. The molecular formula is C19H15Cl2N3O4S3. The van der Waals surface area contributed by atoms with E-state index in [4.69, 9.17) is 40.0 Å². The summed E-state index contributed by atoms with van der Waals surface area (Å²) in [7, 11) is -4.26. The molecule has 0 saturated heterocycles. The van der Waals surface area contributed by atoms with E-state index >= 15 is 0 Å². The molecule has 0 unspecified atom stereocenters. The van der Waals surface area contributed by atoms with E-state index in [0.29, 0.717) is 31.9 Å². The second-order valence-corrected chi connectivity index (χ2v) is 9.74. The van der Waals surface area contributed by atoms with Crippen LogP contribution in [0.2, 0.25) is 10.0 Å². The minimum atomic E-state index is -4.26. The molecule has 2 aromatic carbocycles. The highest BCUT2D eigenvalue weighted by molar-refractivity contribution is 7.85. The van der Waals surface area contributed by atoms with Gasteiger partial charge in [0.05, 0.1) is 31.1 Å². The van der Waals surface area contributed by atoms with Crippen molar-refractivity contribution in [3.8, 4) is 16.2 Å². The van der Waals surface area contributed by atoms with Crippen molar-refractivity contribution in [1.29, 1.82) is 0 Å². The van der Waals surface area contributed by atoms with E-state index < -0.39 is 10.1 Å². The minimum absolute atomic E-state index is 0.0612. The van der Waals surface area contributed by atoms with Gasteiger partial charge in [0.15, 0.2) is 5.11 Å². The normalized spacial score (nSPS) is 11.9. The van der Waals surface area contributed by atoms with Crippen LogP contribution in [-0.2, 0) is 10.1 Å². The number of hydrogen-bond donors (Lipinski definition) is 4. The molecule has 0 radical (unpaired) electrons. The summed E-state index contributed by atoms with van der Waals surface area (Å²) in [6.07, 6.45) is 0. The van der Waals surface area contributed by atoms with E-state index in [2.05, 4.69) is 15.8 Å². The summed E-state index contributed by atoms with van der Waals surface area (Å²) in [5, 5.41) is 20.4. The number of anilines is 1. The lowest BCUT2D eigenvalue weighted by Gasteiger charge is -2.08. The molecule has 162 valence electrons. The maximum Gasteiger partial charge on any atom is 0.294 e. The number of aromatic hydroxyl groups is 1. The van der Waals surface area contributed by atoms with E-state index in [9.17, 15) is 13.5 Å². The van der Waals surface area contributed by atoms with Gasteiger partial charge in [-0.2, -0.15) is 13.5 Å². The number of nitrogens with zero attached hydrogens (tertiary/aromatic N) is 1. The van der Waals surface area contributed by atoms with Gasteiger partial charge in [0.2, 0.25) is 0 Å². The standard InChI is InChI=1S/C19H15Cl2N3O4S3/c1-10(14-9-30-18(17(14)25)11-2-7-15(20)16(21)8-11)23-24-19(29)22-12-3-5-13(6-4-12)31(26,27)28/h2-9,25H,1H3,(H2,22,24,29)(H,26,27,28). The number of benzene rings is 2. The Morgan fingerprint density at radius 2 is 1.81 bits per heavy atom. The van der Waals surface area contributed by atoms with Crippen molar-refractivity contribution in [3.05, 3.63) is 63.5 Å². The lowest BCUT2D eigenvalue weighted by Crippen LogP contribution is -2.24. The summed E-state index contributed by atoms with van der Waals surface area (Å²) >= 11 is 18.5. The molecule has 0 saturated carbocycles. The Hall–Kier alpha value is -2.21. The number of nitrogens with one attached hydrogen (secondary N) is 2. The lowest BCUT2D eigenvalue weighted by atomic mass is 10.1. The van der Waals surface area contributed by atoms with Crippen LogP contribution in [0, 0.1) is 0 Å². The van der Waals surface area contributed by atoms with Gasteiger partial charge in [0, 0.05) is 11.1 Å². The molecule has 0 atom stereocenters. The van der Waals surface area contributed by atoms with Crippen LogP contribution < -0.4 is 10.7 Å². The molecule has 3 rings (SSSR count). The Morgan fingerprint density at radius 1 is 1.13 bits per heavy atom. The van der Waals surface area contributed by atoms with Crippen LogP contribution in [-0.4, -0.2) is 28.9 Å². The highest BCUT2D eigenvalue weighted by atomic mass is 35.5. The van der Waals surface area contributed by atoms with E-state index in [1.54, 1.807) is 30.5 Å². The SMILES string of the molecule is CC(=NNC(=S)Nc1ccc(S(=O)(=O)O)cc1)c1csc(-c2ccc(Cl)c(Cl)c2)c1O. The fourth-order valence-corrected chi connectivity index (χ4v) is 4.46. The first-order chi connectivity index (χ1) is 14.6. The second kappa shape index (κ2) is 9.51. The van der Waals surface area contributed by atoms with Crippen LogP contribution in [0.3, 0.4) is 0 Å². The summed E-state index contributed by atoms with van der Waals surface area (Å²) in [5.74, 6) is 0.0612. The van der Waals surface area contributed by atoms with Crippen molar-refractivity contribution in [2.45, 2.75) is 11.8 Å². The maximum atomic E-state index is 11.1. The third-order valence-corrected chi connectivity index (χ3v) is 6.89. The smallest absolute Gasteiger partial charge is 0.294 e.